The first-order valence-corrected chi connectivity index (χ1v) is 10.1. The molecule has 3 atom stereocenters. The lowest BCUT2D eigenvalue weighted by Gasteiger charge is -2.31. The maximum absolute atomic E-state index is 13.8. The first-order valence-electron chi connectivity index (χ1n) is 9.10. The summed E-state index contributed by atoms with van der Waals surface area (Å²) >= 11 is 1.83. The van der Waals surface area contributed by atoms with E-state index in [-0.39, 0.29) is 17.9 Å². The standard InChI is InChI=1S/C21H24FNOS/c22-17-6-7-21-18(13-17)19(9-11-25-21)23-20(12-15-8-10-24-14-15)16-4-2-1-3-5-16/h1-7,13,15,19-20,23H,8-12,14H2/t15-,19+,20+/m0/s1. The molecule has 2 aromatic carbocycles. The van der Waals surface area contributed by atoms with Crippen molar-refractivity contribution in [3.05, 3.63) is 65.5 Å². The Labute approximate surface area is 153 Å². The molecule has 2 aliphatic rings. The van der Waals surface area contributed by atoms with Crippen molar-refractivity contribution in [1.29, 1.82) is 0 Å². The Kier molecular flexibility index (Phi) is 5.39. The summed E-state index contributed by atoms with van der Waals surface area (Å²) in [5.74, 6) is 1.53. The van der Waals surface area contributed by atoms with Gasteiger partial charge in [-0.05, 0) is 60.3 Å². The Hall–Kier alpha value is -1.36. The van der Waals surface area contributed by atoms with Crippen molar-refractivity contribution in [1.82, 2.24) is 5.32 Å². The molecular formula is C21H24FNOS. The van der Waals surface area contributed by atoms with E-state index in [0.717, 1.165) is 43.8 Å². The van der Waals surface area contributed by atoms with Gasteiger partial charge in [0.1, 0.15) is 5.82 Å². The van der Waals surface area contributed by atoms with E-state index in [9.17, 15) is 4.39 Å². The molecule has 2 aliphatic heterocycles. The third kappa shape index (κ3) is 4.08. The fourth-order valence-corrected chi connectivity index (χ4v) is 4.98. The van der Waals surface area contributed by atoms with Crippen LogP contribution in [0, 0.1) is 11.7 Å². The molecule has 2 heterocycles. The predicted molar refractivity (Wildman–Crippen MR) is 100 cm³/mol. The van der Waals surface area contributed by atoms with Gasteiger partial charge in [-0.1, -0.05) is 30.3 Å². The van der Waals surface area contributed by atoms with E-state index in [4.69, 9.17) is 4.74 Å². The second kappa shape index (κ2) is 7.90. The third-order valence-corrected chi connectivity index (χ3v) is 6.33. The van der Waals surface area contributed by atoms with Crippen LogP contribution in [-0.2, 0) is 4.74 Å². The molecular weight excluding hydrogens is 333 g/mol. The molecule has 4 heteroatoms. The van der Waals surface area contributed by atoms with Crippen molar-refractivity contribution in [2.75, 3.05) is 19.0 Å². The van der Waals surface area contributed by atoms with Crippen molar-refractivity contribution in [2.24, 2.45) is 5.92 Å². The second-order valence-corrected chi connectivity index (χ2v) is 8.10. The van der Waals surface area contributed by atoms with Crippen LogP contribution in [0.1, 0.15) is 42.5 Å². The molecule has 0 aliphatic carbocycles. The van der Waals surface area contributed by atoms with E-state index in [1.807, 2.05) is 17.8 Å². The van der Waals surface area contributed by atoms with Gasteiger partial charge in [0.25, 0.3) is 0 Å². The number of fused-ring (bicyclic) bond motifs is 1. The fourth-order valence-electron chi connectivity index (χ4n) is 3.87. The number of hydrogen-bond acceptors (Lipinski definition) is 3. The lowest BCUT2D eigenvalue weighted by atomic mass is 9.92. The number of ether oxygens (including phenoxy) is 1. The van der Waals surface area contributed by atoms with Gasteiger partial charge in [-0.3, -0.25) is 0 Å². The van der Waals surface area contributed by atoms with Gasteiger partial charge in [-0.2, -0.15) is 0 Å². The number of benzene rings is 2. The van der Waals surface area contributed by atoms with E-state index in [1.165, 1.54) is 10.5 Å². The summed E-state index contributed by atoms with van der Waals surface area (Å²) in [7, 11) is 0. The Balaban J connectivity index is 1.57. The highest BCUT2D eigenvalue weighted by molar-refractivity contribution is 7.99. The molecule has 0 amide bonds. The molecule has 2 nitrogen and oxygen atoms in total. The van der Waals surface area contributed by atoms with Gasteiger partial charge in [0.05, 0.1) is 0 Å². The zero-order valence-corrected chi connectivity index (χ0v) is 15.1. The SMILES string of the molecule is Fc1ccc2c(c1)[C@H](N[C@H](C[C@@H]1CCOC1)c1ccccc1)CCS2. The quantitative estimate of drug-likeness (QED) is 0.802. The van der Waals surface area contributed by atoms with Gasteiger partial charge >= 0.3 is 0 Å². The zero-order chi connectivity index (χ0) is 17.1. The Morgan fingerprint density at radius 1 is 1.16 bits per heavy atom. The lowest BCUT2D eigenvalue weighted by molar-refractivity contribution is 0.180. The van der Waals surface area contributed by atoms with E-state index >= 15 is 0 Å². The topological polar surface area (TPSA) is 21.3 Å². The number of hydrogen-bond donors (Lipinski definition) is 1. The van der Waals surface area contributed by atoms with Crippen molar-refractivity contribution < 1.29 is 9.13 Å². The van der Waals surface area contributed by atoms with Gasteiger partial charge < -0.3 is 10.1 Å². The van der Waals surface area contributed by atoms with Crippen LogP contribution in [0.4, 0.5) is 4.39 Å². The molecule has 0 spiro atoms. The summed E-state index contributed by atoms with van der Waals surface area (Å²) in [6.45, 7) is 1.73. The molecule has 0 saturated carbocycles. The van der Waals surface area contributed by atoms with Crippen molar-refractivity contribution in [3.8, 4) is 0 Å². The first kappa shape index (κ1) is 17.1. The van der Waals surface area contributed by atoms with Crippen molar-refractivity contribution >= 4 is 11.8 Å². The number of halogens is 1. The summed E-state index contributed by atoms with van der Waals surface area (Å²) in [6, 6.07) is 16.3. The summed E-state index contributed by atoms with van der Waals surface area (Å²) in [4.78, 5) is 1.21. The fraction of sp³-hybridized carbons (Fsp3) is 0.429. The summed E-state index contributed by atoms with van der Waals surface area (Å²) < 4.78 is 19.4. The monoisotopic (exact) mass is 357 g/mol. The van der Waals surface area contributed by atoms with Crippen LogP contribution in [0.25, 0.3) is 0 Å². The molecule has 1 N–H and O–H groups in total. The zero-order valence-electron chi connectivity index (χ0n) is 14.3. The molecule has 0 radical (unpaired) electrons. The second-order valence-electron chi connectivity index (χ2n) is 6.97. The number of rotatable bonds is 5. The summed E-state index contributed by atoms with van der Waals surface area (Å²) in [6.07, 6.45) is 3.24. The predicted octanol–water partition coefficient (Wildman–Crippen LogP) is 5.12. The van der Waals surface area contributed by atoms with Crippen molar-refractivity contribution in [2.45, 2.75) is 36.2 Å². The van der Waals surface area contributed by atoms with E-state index in [1.54, 1.807) is 12.1 Å². The highest BCUT2D eigenvalue weighted by Crippen LogP contribution is 2.39. The van der Waals surface area contributed by atoms with Crippen LogP contribution in [-0.4, -0.2) is 19.0 Å². The number of nitrogens with one attached hydrogen (secondary N) is 1. The molecule has 0 unspecified atom stereocenters. The minimum atomic E-state index is -0.145. The van der Waals surface area contributed by atoms with Gasteiger partial charge in [-0.25, -0.2) is 4.39 Å². The normalized spacial score (nSPS) is 24.0. The van der Waals surface area contributed by atoms with E-state index in [0.29, 0.717) is 5.92 Å². The molecule has 25 heavy (non-hydrogen) atoms. The summed E-state index contributed by atoms with van der Waals surface area (Å²) in [5.41, 5.74) is 2.42. The van der Waals surface area contributed by atoms with Crippen LogP contribution in [0.15, 0.2) is 53.4 Å². The van der Waals surface area contributed by atoms with Crippen LogP contribution in [0.3, 0.4) is 0 Å². The minimum Gasteiger partial charge on any atom is -0.381 e. The van der Waals surface area contributed by atoms with E-state index in [2.05, 4.69) is 35.6 Å². The smallest absolute Gasteiger partial charge is 0.123 e. The molecule has 0 bridgehead atoms. The van der Waals surface area contributed by atoms with Gasteiger partial charge in [-0.15, -0.1) is 11.8 Å². The van der Waals surface area contributed by atoms with Gasteiger partial charge in [0.2, 0.25) is 0 Å². The Bertz CT molecular complexity index is 702. The summed E-state index contributed by atoms with van der Waals surface area (Å²) in [5, 5.41) is 3.85. The van der Waals surface area contributed by atoms with Crippen LogP contribution in [0.2, 0.25) is 0 Å². The van der Waals surface area contributed by atoms with Gasteiger partial charge in [0.15, 0.2) is 0 Å². The molecule has 1 fully saturated rings. The minimum absolute atomic E-state index is 0.145. The average Bonchev–Trinajstić information content (AvgIpc) is 3.15. The molecule has 132 valence electrons. The molecule has 4 rings (SSSR count). The van der Waals surface area contributed by atoms with Crippen LogP contribution < -0.4 is 5.32 Å². The molecule has 1 saturated heterocycles. The maximum atomic E-state index is 13.8. The average molecular weight is 357 g/mol. The largest absolute Gasteiger partial charge is 0.381 e. The van der Waals surface area contributed by atoms with Crippen LogP contribution in [0.5, 0.6) is 0 Å². The van der Waals surface area contributed by atoms with Gasteiger partial charge in [0, 0.05) is 30.2 Å². The van der Waals surface area contributed by atoms with Crippen LogP contribution >= 0.6 is 11.8 Å². The highest BCUT2D eigenvalue weighted by atomic mass is 32.2. The Morgan fingerprint density at radius 2 is 2.04 bits per heavy atom. The first-order chi connectivity index (χ1) is 12.3. The van der Waals surface area contributed by atoms with Crippen molar-refractivity contribution in [3.63, 3.8) is 0 Å². The molecule has 0 aromatic heterocycles. The molecule has 2 aromatic rings. The Morgan fingerprint density at radius 3 is 2.84 bits per heavy atom. The highest BCUT2D eigenvalue weighted by Gasteiger charge is 2.27. The maximum Gasteiger partial charge on any atom is 0.123 e. The number of thioether (sulfide) groups is 1. The third-order valence-electron chi connectivity index (χ3n) is 5.21. The lowest BCUT2D eigenvalue weighted by Crippen LogP contribution is -2.30. The van der Waals surface area contributed by atoms with E-state index < -0.39 is 0 Å².